The molecule has 0 aliphatic rings. The predicted octanol–water partition coefficient (Wildman–Crippen LogP) is 0.811. The van der Waals surface area contributed by atoms with E-state index >= 15 is 0 Å². The number of nitrogens with zero attached hydrogens (tertiary/aromatic N) is 2. The summed E-state index contributed by atoms with van der Waals surface area (Å²) in [5.74, 6) is -0.162. The van der Waals surface area contributed by atoms with Crippen molar-refractivity contribution in [2.75, 3.05) is 7.11 Å². The van der Waals surface area contributed by atoms with Crippen molar-refractivity contribution in [3.63, 3.8) is 0 Å². The molecule has 0 unspecified atom stereocenters. The summed E-state index contributed by atoms with van der Waals surface area (Å²) < 4.78 is 4.74. The van der Waals surface area contributed by atoms with Gasteiger partial charge >= 0.3 is 5.82 Å². The lowest BCUT2D eigenvalue weighted by Gasteiger charge is -1.97. The Labute approximate surface area is 73.3 Å². The zero-order chi connectivity index (χ0) is 9.84. The second kappa shape index (κ2) is 3.61. The van der Waals surface area contributed by atoms with Crippen molar-refractivity contribution in [1.29, 1.82) is 0 Å². The third kappa shape index (κ3) is 1.98. The number of rotatable bonds is 3. The van der Waals surface area contributed by atoms with Crippen LogP contribution < -0.4 is 4.74 Å². The minimum Gasteiger partial charge on any atom is -0.496 e. The number of pyridine rings is 1. The zero-order valence-electron chi connectivity index (χ0n) is 6.76. The van der Waals surface area contributed by atoms with Crippen LogP contribution in [0.25, 0.3) is 0 Å². The van der Waals surface area contributed by atoms with Crippen molar-refractivity contribution in [3.05, 3.63) is 27.9 Å². The van der Waals surface area contributed by atoms with Gasteiger partial charge in [0.05, 0.1) is 13.2 Å². The van der Waals surface area contributed by atoms with E-state index in [9.17, 15) is 14.9 Å². The highest BCUT2D eigenvalue weighted by molar-refractivity contribution is 5.73. The van der Waals surface area contributed by atoms with E-state index in [1.54, 1.807) is 0 Å². The fourth-order valence-corrected chi connectivity index (χ4v) is 0.783. The van der Waals surface area contributed by atoms with E-state index in [0.29, 0.717) is 6.29 Å². The van der Waals surface area contributed by atoms with E-state index in [-0.39, 0.29) is 11.4 Å². The normalized spacial score (nSPS) is 9.31. The molecule has 0 saturated heterocycles. The zero-order valence-corrected chi connectivity index (χ0v) is 6.76. The van der Waals surface area contributed by atoms with Crippen LogP contribution in [-0.2, 0) is 0 Å². The minimum atomic E-state index is -0.685. The molecule has 0 saturated carbocycles. The Hall–Kier alpha value is -1.98. The maximum absolute atomic E-state index is 10.3. The van der Waals surface area contributed by atoms with Crippen molar-refractivity contribution >= 4 is 12.1 Å². The lowest BCUT2D eigenvalue weighted by molar-refractivity contribution is -0.389. The fourth-order valence-electron chi connectivity index (χ4n) is 0.783. The van der Waals surface area contributed by atoms with Gasteiger partial charge in [-0.3, -0.25) is 4.79 Å². The van der Waals surface area contributed by atoms with E-state index in [0.717, 1.165) is 6.07 Å². The Morgan fingerprint density at radius 2 is 2.31 bits per heavy atom. The molecule has 6 heteroatoms. The van der Waals surface area contributed by atoms with Crippen LogP contribution in [0.3, 0.4) is 0 Å². The summed E-state index contributed by atoms with van der Waals surface area (Å²) in [6, 6.07) is 2.47. The predicted molar refractivity (Wildman–Crippen MR) is 42.8 cm³/mol. The third-order valence-electron chi connectivity index (χ3n) is 1.35. The van der Waals surface area contributed by atoms with Crippen LogP contribution in [0.5, 0.6) is 5.75 Å². The molecular weight excluding hydrogens is 176 g/mol. The number of aldehydes is 1. The summed E-state index contributed by atoms with van der Waals surface area (Å²) in [5, 5.41) is 10.3. The number of hydrogen-bond donors (Lipinski definition) is 0. The highest BCUT2D eigenvalue weighted by Crippen LogP contribution is 2.17. The Bertz CT molecular complexity index is 350. The first-order valence-electron chi connectivity index (χ1n) is 3.33. The van der Waals surface area contributed by atoms with Gasteiger partial charge in [0.2, 0.25) is 5.69 Å². The van der Waals surface area contributed by atoms with E-state index in [1.807, 2.05) is 0 Å². The average Bonchev–Trinajstić information content (AvgIpc) is 2.16. The Balaban J connectivity index is 3.22. The molecule has 0 aliphatic heterocycles. The first-order chi connectivity index (χ1) is 6.17. The summed E-state index contributed by atoms with van der Waals surface area (Å²) in [6.07, 6.45) is 0.426. The van der Waals surface area contributed by atoms with Crippen LogP contribution in [-0.4, -0.2) is 23.3 Å². The molecule has 0 radical (unpaired) electrons. The summed E-state index contributed by atoms with van der Waals surface area (Å²) in [6.45, 7) is 0. The van der Waals surface area contributed by atoms with E-state index in [2.05, 4.69) is 4.98 Å². The van der Waals surface area contributed by atoms with Crippen molar-refractivity contribution in [2.45, 2.75) is 0 Å². The Morgan fingerprint density at radius 1 is 1.62 bits per heavy atom. The topological polar surface area (TPSA) is 82.3 Å². The molecule has 0 spiro atoms. The standard InChI is InChI=1S/C7H6N2O4/c1-13-6-2-5(4-10)8-7(3-6)9(11)12/h2-4H,1H3. The third-order valence-corrected chi connectivity index (χ3v) is 1.35. The van der Waals surface area contributed by atoms with Gasteiger partial charge in [0.1, 0.15) is 5.75 Å². The maximum atomic E-state index is 10.3. The van der Waals surface area contributed by atoms with Crippen LogP contribution in [0.15, 0.2) is 12.1 Å². The number of hydrogen-bond acceptors (Lipinski definition) is 5. The maximum Gasteiger partial charge on any atom is 0.367 e. The lowest BCUT2D eigenvalue weighted by atomic mass is 10.3. The molecule has 1 heterocycles. The highest BCUT2D eigenvalue weighted by atomic mass is 16.6. The fraction of sp³-hybridized carbons (Fsp3) is 0.143. The summed E-state index contributed by atoms with van der Waals surface area (Å²) in [5.41, 5.74) is -0.0222. The number of carbonyl (C=O) groups excluding carboxylic acids is 1. The Kier molecular flexibility index (Phi) is 2.53. The monoisotopic (exact) mass is 182 g/mol. The molecule has 0 bridgehead atoms. The van der Waals surface area contributed by atoms with Gasteiger partial charge in [-0.25, -0.2) is 0 Å². The smallest absolute Gasteiger partial charge is 0.367 e. The van der Waals surface area contributed by atoms with Crippen LogP contribution in [0.4, 0.5) is 5.82 Å². The van der Waals surface area contributed by atoms with Crippen molar-refractivity contribution in [3.8, 4) is 5.75 Å². The highest BCUT2D eigenvalue weighted by Gasteiger charge is 2.12. The number of nitro groups is 1. The van der Waals surface area contributed by atoms with Gasteiger partial charge in [-0.15, -0.1) is 0 Å². The molecule has 0 atom stereocenters. The summed E-state index contributed by atoms with van der Waals surface area (Å²) in [4.78, 5) is 23.4. The van der Waals surface area contributed by atoms with Gasteiger partial charge in [-0.1, -0.05) is 0 Å². The molecule has 6 nitrogen and oxygen atoms in total. The molecule has 0 aromatic carbocycles. The first kappa shape index (κ1) is 9.11. The molecule has 0 fully saturated rings. The van der Waals surface area contributed by atoms with Gasteiger partial charge in [0.15, 0.2) is 6.29 Å². The van der Waals surface area contributed by atoms with Crippen molar-refractivity contribution in [2.24, 2.45) is 0 Å². The molecule has 1 aromatic rings. The average molecular weight is 182 g/mol. The quantitative estimate of drug-likeness (QED) is 0.392. The van der Waals surface area contributed by atoms with Gasteiger partial charge in [0.25, 0.3) is 0 Å². The van der Waals surface area contributed by atoms with Gasteiger partial charge in [-0.2, -0.15) is 0 Å². The number of carbonyl (C=O) groups is 1. The Morgan fingerprint density at radius 3 is 2.77 bits per heavy atom. The summed E-state index contributed by atoms with van der Waals surface area (Å²) >= 11 is 0. The van der Waals surface area contributed by atoms with Gasteiger partial charge in [-0.05, 0) is 9.91 Å². The second-order valence-electron chi connectivity index (χ2n) is 2.16. The SMILES string of the molecule is COc1cc(C=O)nc([N+](=O)[O-])c1. The molecular formula is C7H6N2O4. The molecule has 13 heavy (non-hydrogen) atoms. The molecule has 0 aliphatic carbocycles. The van der Waals surface area contributed by atoms with Gasteiger partial charge < -0.3 is 14.9 Å². The largest absolute Gasteiger partial charge is 0.496 e. The van der Waals surface area contributed by atoms with Crippen LogP contribution in [0, 0.1) is 10.1 Å². The number of ether oxygens (including phenoxy) is 1. The van der Waals surface area contributed by atoms with Gasteiger partial charge in [0, 0.05) is 6.07 Å². The molecule has 1 rings (SSSR count). The van der Waals surface area contributed by atoms with Crippen LogP contribution >= 0.6 is 0 Å². The minimum absolute atomic E-state index is 0.0222. The van der Waals surface area contributed by atoms with E-state index < -0.39 is 10.7 Å². The molecule has 0 N–H and O–H groups in total. The number of aromatic nitrogens is 1. The molecule has 1 aromatic heterocycles. The lowest BCUT2D eigenvalue weighted by Crippen LogP contribution is -1.97. The first-order valence-corrected chi connectivity index (χ1v) is 3.33. The molecule has 68 valence electrons. The number of methoxy groups -OCH3 is 1. The van der Waals surface area contributed by atoms with E-state index in [1.165, 1.54) is 13.2 Å². The van der Waals surface area contributed by atoms with Crippen LogP contribution in [0.2, 0.25) is 0 Å². The molecule has 0 amide bonds. The van der Waals surface area contributed by atoms with Crippen molar-refractivity contribution < 1.29 is 14.5 Å². The second-order valence-corrected chi connectivity index (χ2v) is 2.16. The van der Waals surface area contributed by atoms with E-state index in [4.69, 9.17) is 4.74 Å². The van der Waals surface area contributed by atoms with Crippen LogP contribution in [0.1, 0.15) is 10.5 Å². The van der Waals surface area contributed by atoms with Crippen molar-refractivity contribution in [1.82, 2.24) is 4.98 Å². The summed E-state index contributed by atoms with van der Waals surface area (Å²) in [7, 11) is 1.35.